The van der Waals surface area contributed by atoms with Gasteiger partial charge in [0.2, 0.25) is 0 Å². The second-order valence-electron chi connectivity index (χ2n) is 5.85. The standard InChI is InChI=1S/C15H28/c1-12(2)15-10-8-13(3)6-5-7-14(4)9-11-15/h6,12,14-15H,5,7-11H2,1-4H3/b13-6+/t14-,15-/m1/s1. The Morgan fingerprint density at radius 2 is 1.87 bits per heavy atom. The molecule has 15 heavy (non-hydrogen) atoms. The van der Waals surface area contributed by atoms with E-state index in [0.29, 0.717) is 0 Å². The Morgan fingerprint density at radius 3 is 2.53 bits per heavy atom. The molecule has 0 unspecified atom stereocenters. The fourth-order valence-corrected chi connectivity index (χ4v) is 2.58. The van der Waals surface area contributed by atoms with Gasteiger partial charge >= 0.3 is 0 Å². The topological polar surface area (TPSA) is 0 Å². The van der Waals surface area contributed by atoms with Gasteiger partial charge in [-0.2, -0.15) is 0 Å². The lowest BCUT2D eigenvalue weighted by Crippen LogP contribution is -2.11. The molecule has 0 heterocycles. The number of hydrogen-bond acceptors (Lipinski definition) is 0. The van der Waals surface area contributed by atoms with E-state index in [0.717, 1.165) is 17.8 Å². The van der Waals surface area contributed by atoms with Crippen molar-refractivity contribution >= 4 is 0 Å². The van der Waals surface area contributed by atoms with Crippen LogP contribution in [0, 0.1) is 17.8 Å². The van der Waals surface area contributed by atoms with Crippen LogP contribution in [0.4, 0.5) is 0 Å². The van der Waals surface area contributed by atoms with Crippen molar-refractivity contribution in [1.29, 1.82) is 0 Å². The van der Waals surface area contributed by atoms with Gasteiger partial charge in [0.25, 0.3) is 0 Å². The molecule has 0 heteroatoms. The third kappa shape index (κ3) is 4.86. The molecule has 2 atom stereocenters. The van der Waals surface area contributed by atoms with Gasteiger partial charge in [0, 0.05) is 0 Å². The molecular formula is C15H28. The second kappa shape index (κ2) is 6.35. The first-order chi connectivity index (χ1) is 7.09. The fourth-order valence-electron chi connectivity index (χ4n) is 2.58. The van der Waals surface area contributed by atoms with Gasteiger partial charge in [0.1, 0.15) is 0 Å². The van der Waals surface area contributed by atoms with E-state index in [-0.39, 0.29) is 0 Å². The fraction of sp³-hybridized carbons (Fsp3) is 0.867. The summed E-state index contributed by atoms with van der Waals surface area (Å²) in [6.45, 7) is 9.51. The monoisotopic (exact) mass is 208 g/mol. The van der Waals surface area contributed by atoms with Crippen LogP contribution >= 0.6 is 0 Å². The zero-order valence-corrected chi connectivity index (χ0v) is 11.1. The van der Waals surface area contributed by atoms with E-state index in [1.54, 1.807) is 5.57 Å². The van der Waals surface area contributed by atoms with E-state index in [2.05, 4.69) is 33.8 Å². The highest BCUT2D eigenvalue weighted by Crippen LogP contribution is 2.28. The molecule has 0 fully saturated rings. The van der Waals surface area contributed by atoms with Gasteiger partial charge in [0.15, 0.2) is 0 Å². The molecule has 0 spiro atoms. The molecule has 1 aliphatic carbocycles. The first-order valence-corrected chi connectivity index (χ1v) is 6.75. The van der Waals surface area contributed by atoms with Crippen LogP contribution in [0.5, 0.6) is 0 Å². The van der Waals surface area contributed by atoms with Gasteiger partial charge in [-0.1, -0.05) is 38.8 Å². The highest BCUT2D eigenvalue weighted by atomic mass is 14.2. The Kier molecular flexibility index (Phi) is 5.42. The summed E-state index contributed by atoms with van der Waals surface area (Å²) in [5.74, 6) is 2.74. The molecule has 0 aliphatic heterocycles. The van der Waals surface area contributed by atoms with Crippen LogP contribution < -0.4 is 0 Å². The van der Waals surface area contributed by atoms with Crippen molar-refractivity contribution in [3.05, 3.63) is 11.6 Å². The van der Waals surface area contributed by atoms with Crippen molar-refractivity contribution in [2.24, 2.45) is 17.8 Å². The zero-order valence-electron chi connectivity index (χ0n) is 11.1. The van der Waals surface area contributed by atoms with Crippen molar-refractivity contribution in [2.75, 3.05) is 0 Å². The highest BCUT2D eigenvalue weighted by Gasteiger charge is 2.15. The number of rotatable bonds is 1. The molecular weight excluding hydrogens is 180 g/mol. The predicted molar refractivity (Wildman–Crippen MR) is 69.0 cm³/mol. The van der Waals surface area contributed by atoms with Crippen LogP contribution in [-0.2, 0) is 0 Å². The number of allylic oxidation sites excluding steroid dienone is 2. The van der Waals surface area contributed by atoms with Crippen LogP contribution in [-0.4, -0.2) is 0 Å². The molecule has 0 aromatic heterocycles. The van der Waals surface area contributed by atoms with Gasteiger partial charge in [-0.25, -0.2) is 0 Å². The minimum absolute atomic E-state index is 0.865. The maximum Gasteiger partial charge on any atom is -0.0320 e. The molecule has 0 nitrogen and oxygen atoms in total. The lowest BCUT2D eigenvalue weighted by atomic mass is 9.82. The van der Waals surface area contributed by atoms with E-state index in [9.17, 15) is 0 Å². The zero-order chi connectivity index (χ0) is 11.3. The van der Waals surface area contributed by atoms with Crippen LogP contribution in [0.25, 0.3) is 0 Å². The Bertz CT molecular complexity index is 200. The summed E-state index contributed by atoms with van der Waals surface area (Å²) in [6.07, 6.45) is 10.8. The molecule has 88 valence electrons. The van der Waals surface area contributed by atoms with E-state index >= 15 is 0 Å². The maximum atomic E-state index is 2.47. The molecule has 0 aromatic rings. The Balaban J connectivity index is 2.56. The summed E-state index contributed by atoms with van der Waals surface area (Å²) in [5, 5.41) is 0. The van der Waals surface area contributed by atoms with Gasteiger partial charge in [-0.05, 0) is 56.8 Å². The molecule has 0 saturated heterocycles. The quantitative estimate of drug-likeness (QED) is 0.520. The van der Waals surface area contributed by atoms with Crippen LogP contribution in [0.1, 0.15) is 66.2 Å². The summed E-state index contributed by atoms with van der Waals surface area (Å²) in [7, 11) is 0. The summed E-state index contributed by atoms with van der Waals surface area (Å²) in [6, 6.07) is 0. The van der Waals surface area contributed by atoms with Crippen molar-refractivity contribution in [3.63, 3.8) is 0 Å². The molecule has 0 radical (unpaired) electrons. The molecule has 0 N–H and O–H groups in total. The number of hydrogen-bond donors (Lipinski definition) is 0. The van der Waals surface area contributed by atoms with Crippen molar-refractivity contribution < 1.29 is 0 Å². The minimum Gasteiger partial charge on any atom is -0.0856 e. The van der Waals surface area contributed by atoms with Gasteiger partial charge < -0.3 is 0 Å². The molecule has 0 bridgehead atoms. The Labute approximate surface area is 96.2 Å². The van der Waals surface area contributed by atoms with E-state index in [1.807, 2.05) is 0 Å². The lowest BCUT2D eigenvalue weighted by Gasteiger charge is -2.24. The van der Waals surface area contributed by atoms with Gasteiger partial charge in [0.05, 0.1) is 0 Å². The normalized spacial score (nSPS) is 33.5. The van der Waals surface area contributed by atoms with Crippen molar-refractivity contribution in [1.82, 2.24) is 0 Å². The van der Waals surface area contributed by atoms with Crippen molar-refractivity contribution in [3.8, 4) is 0 Å². The smallest absolute Gasteiger partial charge is 0.0320 e. The third-order valence-corrected chi connectivity index (χ3v) is 4.03. The minimum atomic E-state index is 0.865. The summed E-state index contributed by atoms with van der Waals surface area (Å²) >= 11 is 0. The van der Waals surface area contributed by atoms with E-state index in [1.165, 1.54) is 38.5 Å². The molecule has 1 aliphatic rings. The largest absolute Gasteiger partial charge is 0.0856 e. The van der Waals surface area contributed by atoms with E-state index < -0.39 is 0 Å². The van der Waals surface area contributed by atoms with E-state index in [4.69, 9.17) is 0 Å². The molecule has 0 amide bonds. The molecule has 0 saturated carbocycles. The Morgan fingerprint density at radius 1 is 1.13 bits per heavy atom. The lowest BCUT2D eigenvalue weighted by molar-refractivity contribution is 0.301. The van der Waals surface area contributed by atoms with Gasteiger partial charge in [-0.3, -0.25) is 0 Å². The van der Waals surface area contributed by atoms with Crippen LogP contribution in [0.2, 0.25) is 0 Å². The SMILES string of the molecule is C/C1=C\CC[C@@H](C)CC[C@H](C(C)C)CC1. The summed E-state index contributed by atoms with van der Waals surface area (Å²) in [4.78, 5) is 0. The third-order valence-electron chi connectivity index (χ3n) is 4.03. The first-order valence-electron chi connectivity index (χ1n) is 6.75. The Hall–Kier alpha value is -0.260. The summed E-state index contributed by atoms with van der Waals surface area (Å²) in [5.41, 5.74) is 1.62. The average molecular weight is 208 g/mol. The molecule has 1 rings (SSSR count). The predicted octanol–water partition coefficient (Wildman–Crippen LogP) is 5.20. The second-order valence-corrected chi connectivity index (χ2v) is 5.85. The van der Waals surface area contributed by atoms with Crippen LogP contribution in [0.3, 0.4) is 0 Å². The summed E-state index contributed by atoms with van der Waals surface area (Å²) < 4.78 is 0. The van der Waals surface area contributed by atoms with Crippen LogP contribution in [0.15, 0.2) is 11.6 Å². The first kappa shape index (κ1) is 12.8. The average Bonchev–Trinajstić information content (AvgIpc) is 2.16. The maximum absolute atomic E-state index is 2.47. The highest BCUT2D eigenvalue weighted by molar-refractivity contribution is 4.98. The molecule has 0 aromatic carbocycles. The van der Waals surface area contributed by atoms with Crippen molar-refractivity contribution in [2.45, 2.75) is 66.2 Å². The van der Waals surface area contributed by atoms with Gasteiger partial charge in [-0.15, -0.1) is 0 Å².